The van der Waals surface area contributed by atoms with E-state index in [0.29, 0.717) is 17.2 Å². The van der Waals surface area contributed by atoms with Gasteiger partial charge in [-0.15, -0.1) is 0 Å². The maximum atomic E-state index is 12.6. The Bertz CT molecular complexity index is 3150. The van der Waals surface area contributed by atoms with Gasteiger partial charge in [0, 0.05) is 23.8 Å². The SMILES string of the molecule is C.N#Cc1c(Cl)cccc1Oc1ccc(S(=O)(=O)Cl)cc1.N#Cc1c(Cl)cccc1Oc1ccc(S(=O)ONCC(=O)CNS(=O)(=O)c2ccc(Oc3cccc(Cl)c3C#N)cc2)cc1.NCC(O)CN. The van der Waals surface area contributed by atoms with Gasteiger partial charge in [-0.25, -0.2) is 25.8 Å². The molecule has 25 heteroatoms. The van der Waals surface area contributed by atoms with Crippen molar-refractivity contribution in [3.05, 3.63) is 159 Å². The molecular weight excluding hydrogens is 1060 g/mol. The monoisotopic (exact) mass is 1100 g/mol. The fourth-order valence-electron chi connectivity index (χ4n) is 5.08. The van der Waals surface area contributed by atoms with Crippen molar-refractivity contribution < 1.29 is 49.4 Å². The molecule has 0 bridgehead atoms. The third kappa shape index (κ3) is 18.2. The van der Waals surface area contributed by atoms with Crippen LogP contribution in [0.25, 0.3) is 0 Å². The van der Waals surface area contributed by atoms with E-state index in [2.05, 4.69) is 10.2 Å². The molecule has 0 aromatic heterocycles. The Balaban J connectivity index is 0.000000407. The molecule has 0 amide bonds. The predicted octanol–water partition coefficient (Wildman–Crippen LogP) is 8.25. The summed E-state index contributed by atoms with van der Waals surface area (Å²) in [4.78, 5) is 12.3. The average molecular weight is 1110 g/mol. The second kappa shape index (κ2) is 28.6. The van der Waals surface area contributed by atoms with Crippen molar-refractivity contribution in [2.75, 3.05) is 26.2 Å². The van der Waals surface area contributed by atoms with Crippen molar-refractivity contribution >= 4 is 81.4 Å². The van der Waals surface area contributed by atoms with Crippen LogP contribution in [0.15, 0.2) is 142 Å². The van der Waals surface area contributed by atoms with Crippen LogP contribution in [0, 0.1) is 34.0 Å². The molecule has 1 atom stereocenters. The van der Waals surface area contributed by atoms with Crippen LogP contribution in [-0.4, -0.2) is 64.2 Å². The third-order valence-corrected chi connectivity index (χ3v) is 13.3. The zero-order chi connectivity index (χ0) is 51.4. The molecule has 0 fully saturated rings. The van der Waals surface area contributed by atoms with Gasteiger partial charge in [0.25, 0.3) is 9.05 Å². The molecule has 0 heterocycles. The zero-order valence-corrected chi connectivity index (χ0v) is 41.3. The summed E-state index contributed by atoms with van der Waals surface area (Å²) in [6.07, 6.45) is -0.509. The maximum absolute atomic E-state index is 12.6. The highest BCUT2D eigenvalue weighted by molar-refractivity contribution is 8.13. The first-order valence-corrected chi connectivity index (χ1v) is 25.6. The molecule has 0 radical (unpaired) electrons. The molecule has 0 aliphatic heterocycles. The summed E-state index contributed by atoms with van der Waals surface area (Å²) < 4.78 is 83.9. The van der Waals surface area contributed by atoms with E-state index in [4.69, 9.17) is 85.8 Å². The topological polar surface area (TPSA) is 307 Å². The summed E-state index contributed by atoms with van der Waals surface area (Å²) in [6.45, 7) is -0.473. The second-order valence-corrected chi connectivity index (χ2v) is 20.1. The van der Waals surface area contributed by atoms with Gasteiger partial charge in [0.2, 0.25) is 21.1 Å². The lowest BCUT2D eigenvalue weighted by Gasteiger charge is -2.10. The Morgan fingerprint density at radius 1 is 0.620 bits per heavy atom. The third-order valence-electron chi connectivity index (χ3n) is 8.61. The van der Waals surface area contributed by atoms with Gasteiger partial charge >= 0.3 is 0 Å². The lowest BCUT2D eigenvalue weighted by atomic mass is 10.2. The van der Waals surface area contributed by atoms with Crippen LogP contribution >= 0.6 is 45.5 Å². The van der Waals surface area contributed by atoms with Crippen molar-refractivity contribution in [3.63, 3.8) is 0 Å². The van der Waals surface area contributed by atoms with E-state index in [-0.39, 0.29) is 84.2 Å². The van der Waals surface area contributed by atoms with E-state index in [1.807, 2.05) is 18.2 Å². The maximum Gasteiger partial charge on any atom is 0.261 e. The predicted molar refractivity (Wildman–Crippen MR) is 268 cm³/mol. The number of hydroxylamine groups is 1. The molecule has 1 unspecified atom stereocenters. The number of carbonyl (C=O) groups is 1. The fourth-order valence-corrected chi connectivity index (χ4v) is 8.11. The number of hydrogen-bond acceptors (Lipinski definition) is 17. The van der Waals surface area contributed by atoms with Gasteiger partial charge in [-0.3, -0.25) is 4.79 Å². The molecule has 0 aliphatic carbocycles. The minimum atomic E-state index is -4.05. The molecule has 0 saturated carbocycles. The zero-order valence-electron chi connectivity index (χ0n) is 35.8. The second-order valence-electron chi connectivity index (χ2n) is 13.5. The van der Waals surface area contributed by atoms with E-state index >= 15 is 0 Å². The number of nitrogens with one attached hydrogen (secondary N) is 2. The summed E-state index contributed by atoms with van der Waals surface area (Å²) in [5.41, 5.74) is 12.7. The molecule has 372 valence electrons. The van der Waals surface area contributed by atoms with Gasteiger partial charge in [-0.1, -0.05) is 60.4 Å². The van der Waals surface area contributed by atoms with Crippen molar-refractivity contribution in [1.82, 2.24) is 10.2 Å². The number of sulfonamides is 1. The quantitative estimate of drug-likeness (QED) is 0.0399. The van der Waals surface area contributed by atoms with E-state index in [9.17, 15) is 36.4 Å². The fraction of sp³-hybridized carbons (Fsp3) is 0.130. The number of carbonyl (C=O) groups excluding carboxylic acids is 1. The Hall–Kier alpha value is -6.17. The summed E-state index contributed by atoms with van der Waals surface area (Å²) in [7, 11) is -2.61. The van der Waals surface area contributed by atoms with Gasteiger partial charge in [0.1, 0.15) is 69.4 Å². The summed E-state index contributed by atoms with van der Waals surface area (Å²) >= 11 is 15.9. The standard InChI is InChI=1S/C29H20Cl2N4O7S2.C13H7Cl2NO3S.C3H10N2O.CH4/c30-26-3-1-5-28(24(26)15-32)40-20-7-11-22(12-8-20)43(37)42-34-17-19(36)18-35-44(38,39)23-13-9-21(10-14-23)41-29-6-2-4-27(31)25(29)16-33;14-12-2-1-3-13(11(12)8-16)19-9-4-6-10(7-5-9)20(15,17)18;4-1-3(6)2-5;/h1-14,34-35H,17-18H2;1-7H;3,6H,1-2,4-5H2;1H4. The van der Waals surface area contributed by atoms with E-state index in [1.165, 1.54) is 72.8 Å². The first kappa shape index (κ1) is 59.1. The molecule has 0 saturated heterocycles. The van der Waals surface area contributed by atoms with Crippen molar-refractivity contribution in [2.24, 2.45) is 11.5 Å². The number of nitrogens with zero attached hydrogens (tertiary/aromatic N) is 3. The molecule has 6 aromatic carbocycles. The summed E-state index contributed by atoms with van der Waals surface area (Å²) in [5.74, 6) is 1.17. The largest absolute Gasteiger partial charge is 0.456 e. The number of hydrogen-bond donors (Lipinski definition) is 5. The van der Waals surface area contributed by atoms with E-state index in [1.54, 1.807) is 54.6 Å². The van der Waals surface area contributed by atoms with E-state index < -0.39 is 55.1 Å². The Labute approximate surface area is 431 Å². The highest BCUT2D eigenvalue weighted by Crippen LogP contribution is 2.33. The lowest BCUT2D eigenvalue weighted by Crippen LogP contribution is -2.35. The first-order valence-electron chi connectivity index (χ1n) is 19.6. The highest BCUT2D eigenvalue weighted by Gasteiger charge is 2.18. The van der Waals surface area contributed by atoms with Gasteiger partial charge in [0.05, 0.1) is 48.9 Å². The van der Waals surface area contributed by atoms with Gasteiger partial charge in [0.15, 0.2) is 5.78 Å². The molecular formula is C46H41Cl4N7O11S3. The van der Waals surface area contributed by atoms with Crippen LogP contribution in [0.4, 0.5) is 0 Å². The molecule has 71 heavy (non-hydrogen) atoms. The number of ketones is 1. The Kier molecular flexibility index (Phi) is 23.8. The van der Waals surface area contributed by atoms with Crippen LogP contribution in [-0.2, 0) is 39.2 Å². The van der Waals surface area contributed by atoms with Crippen LogP contribution in [0.2, 0.25) is 15.1 Å². The molecule has 0 spiro atoms. The van der Waals surface area contributed by atoms with Gasteiger partial charge in [-0.2, -0.15) is 25.5 Å². The van der Waals surface area contributed by atoms with Crippen LogP contribution in [0.5, 0.6) is 34.5 Å². The van der Waals surface area contributed by atoms with Gasteiger partial charge < -0.3 is 30.8 Å². The number of Topliss-reactive ketones (excluding diaryl/α,β-unsaturated/α-hetero) is 1. The van der Waals surface area contributed by atoms with E-state index in [0.717, 1.165) is 0 Å². The van der Waals surface area contributed by atoms with Crippen LogP contribution in [0.1, 0.15) is 24.1 Å². The minimum Gasteiger partial charge on any atom is -0.456 e. The van der Waals surface area contributed by atoms with Crippen molar-refractivity contribution in [2.45, 2.75) is 28.2 Å². The minimum absolute atomic E-state index is 0. The van der Waals surface area contributed by atoms with Crippen LogP contribution in [0.3, 0.4) is 0 Å². The highest BCUT2D eigenvalue weighted by atomic mass is 35.7. The molecule has 0 aliphatic rings. The average Bonchev–Trinajstić information content (AvgIpc) is 3.34. The Morgan fingerprint density at radius 3 is 1.32 bits per heavy atom. The number of rotatable bonds is 18. The molecule has 7 N–H and O–H groups in total. The normalized spacial score (nSPS) is 11.1. The first-order chi connectivity index (χ1) is 33.3. The lowest BCUT2D eigenvalue weighted by molar-refractivity contribution is -0.118. The number of ether oxygens (including phenoxy) is 3. The van der Waals surface area contributed by atoms with Crippen molar-refractivity contribution in [1.29, 1.82) is 15.8 Å². The van der Waals surface area contributed by atoms with Gasteiger partial charge in [-0.05, 0) is 109 Å². The number of benzene rings is 6. The smallest absolute Gasteiger partial charge is 0.261 e. The molecule has 18 nitrogen and oxygen atoms in total. The number of aliphatic hydroxyl groups excluding tert-OH is 1. The van der Waals surface area contributed by atoms with Crippen LogP contribution < -0.4 is 35.9 Å². The number of halogens is 4. The number of nitrogens with two attached hydrogens (primary N) is 2. The summed E-state index contributed by atoms with van der Waals surface area (Å²) in [6, 6.07) is 37.0. The Morgan fingerprint density at radius 2 is 0.986 bits per heavy atom. The number of nitriles is 3. The van der Waals surface area contributed by atoms with Crippen molar-refractivity contribution in [3.8, 4) is 52.7 Å². The molecule has 6 rings (SSSR count). The molecule has 6 aromatic rings. The summed E-state index contributed by atoms with van der Waals surface area (Å²) in [5, 5.41) is 36.7. The number of aliphatic hydroxyl groups is 1.